The van der Waals surface area contributed by atoms with E-state index in [-0.39, 0.29) is 5.41 Å². The molecule has 1 aromatic heterocycles. The lowest BCUT2D eigenvalue weighted by Gasteiger charge is -2.23. The van der Waals surface area contributed by atoms with Gasteiger partial charge in [0.1, 0.15) is 5.82 Å². The standard InChI is InChI=1S/C11H20N2/c1-5-8-13-9-7-12-10(13)11(3,4)6-2/h7,9H,5-6,8H2,1-4H3. The van der Waals surface area contributed by atoms with Crippen LogP contribution in [-0.2, 0) is 12.0 Å². The number of aryl methyl sites for hydroxylation is 1. The minimum atomic E-state index is 0.207. The molecular weight excluding hydrogens is 160 g/mol. The maximum atomic E-state index is 4.44. The van der Waals surface area contributed by atoms with Crippen LogP contribution in [0.15, 0.2) is 12.4 Å². The Hall–Kier alpha value is -0.790. The molecule has 74 valence electrons. The molecule has 0 bridgehead atoms. The third kappa shape index (κ3) is 2.11. The number of hydrogen-bond donors (Lipinski definition) is 0. The summed E-state index contributed by atoms with van der Waals surface area (Å²) in [6, 6.07) is 0. The molecule has 1 aromatic rings. The van der Waals surface area contributed by atoms with Gasteiger partial charge in [0, 0.05) is 24.4 Å². The van der Waals surface area contributed by atoms with Crippen LogP contribution in [0.4, 0.5) is 0 Å². The van der Waals surface area contributed by atoms with E-state index in [0.29, 0.717) is 0 Å². The molecule has 0 spiro atoms. The molecule has 0 radical (unpaired) electrons. The van der Waals surface area contributed by atoms with Crippen molar-refractivity contribution in [1.29, 1.82) is 0 Å². The van der Waals surface area contributed by atoms with E-state index in [1.165, 1.54) is 12.2 Å². The van der Waals surface area contributed by atoms with Gasteiger partial charge in [-0.15, -0.1) is 0 Å². The summed E-state index contributed by atoms with van der Waals surface area (Å²) in [6.07, 6.45) is 6.29. The monoisotopic (exact) mass is 180 g/mol. The van der Waals surface area contributed by atoms with Gasteiger partial charge in [0.2, 0.25) is 0 Å². The van der Waals surface area contributed by atoms with E-state index in [4.69, 9.17) is 0 Å². The number of nitrogens with zero attached hydrogens (tertiary/aromatic N) is 2. The van der Waals surface area contributed by atoms with E-state index >= 15 is 0 Å². The van der Waals surface area contributed by atoms with Gasteiger partial charge in [-0.3, -0.25) is 0 Å². The van der Waals surface area contributed by atoms with Gasteiger partial charge in [-0.2, -0.15) is 0 Å². The van der Waals surface area contributed by atoms with Crippen molar-refractivity contribution in [2.45, 2.75) is 52.5 Å². The zero-order valence-corrected chi connectivity index (χ0v) is 9.17. The average molecular weight is 180 g/mol. The second-order valence-corrected chi connectivity index (χ2v) is 4.18. The Labute approximate surface area is 81.0 Å². The van der Waals surface area contributed by atoms with Crippen molar-refractivity contribution in [3.63, 3.8) is 0 Å². The van der Waals surface area contributed by atoms with Crippen molar-refractivity contribution in [2.75, 3.05) is 0 Å². The summed E-state index contributed by atoms with van der Waals surface area (Å²) >= 11 is 0. The fourth-order valence-electron chi connectivity index (χ4n) is 1.47. The minimum absolute atomic E-state index is 0.207. The maximum Gasteiger partial charge on any atom is 0.114 e. The summed E-state index contributed by atoms with van der Waals surface area (Å²) < 4.78 is 2.27. The molecule has 1 heterocycles. The molecule has 2 heteroatoms. The molecule has 0 aromatic carbocycles. The van der Waals surface area contributed by atoms with E-state index in [0.717, 1.165) is 13.0 Å². The number of hydrogen-bond acceptors (Lipinski definition) is 1. The van der Waals surface area contributed by atoms with Crippen LogP contribution in [0.25, 0.3) is 0 Å². The van der Waals surface area contributed by atoms with Crippen molar-refractivity contribution in [3.8, 4) is 0 Å². The smallest absolute Gasteiger partial charge is 0.114 e. The molecule has 1 rings (SSSR count). The Morgan fingerprint density at radius 3 is 2.62 bits per heavy atom. The third-order valence-corrected chi connectivity index (χ3v) is 2.67. The highest BCUT2D eigenvalue weighted by atomic mass is 15.1. The zero-order chi connectivity index (χ0) is 9.90. The summed E-state index contributed by atoms with van der Waals surface area (Å²) in [5.41, 5.74) is 0.207. The van der Waals surface area contributed by atoms with E-state index in [2.05, 4.69) is 43.4 Å². The molecule has 0 saturated carbocycles. The Kier molecular flexibility index (Phi) is 3.12. The van der Waals surface area contributed by atoms with Crippen LogP contribution in [0, 0.1) is 0 Å². The van der Waals surface area contributed by atoms with Crippen LogP contribution in [0.3, 0.4) is 0 Å². The molecular formula is C11H20N2. The van der Waals surface area contributed by atoms with Gasteiger partial charge < -0.3 is 4.57 Å². The van der Waals surface area contributed by atoms with Gasteiger partial charge >= 0.3 is 0 Å². The van der Waals surface area contributed by atoms with Crippen LogP contribution in [0.1, 0.15) is 46.4 Å². The van der Waals surface area contributed by atoms with E-state index in [1.807, 2.05) is 6.20 Å². The first-order chi connectivity index (χ1) is 6.11. The zero-order valence-electron chi connectivity index (χ0n) is 9.17. The first-order valence-electron chi connectivity index (χ1n) is 5.13. The van der Waals surface area contributed by atoms with Gasteiger partial charge in [-0.1, -0.05) is 27.7 Å². The normalized spacial score (nSPS) is 12.0. The number of rotatable bonds is 4. The van der Waals surface area contributed by atoms with Gasteiger partial charge in [0.05, 0.1) is 0 Å². The van der Waals surface area contributed by atoms with Crippen LogP contribution < -0.4 is 0 Å². The summed E-state index contributed by atoms with van der Waals surface area (Å²) in [6.45, 7) is 10.00. The molecule has 0 aliphatic heterocycles. The molecule has 0 atom stereocenters. The topological polar surface area (TPSA) is 17.8 Å². The lowest BCUT2D eigenvalue weighted by Crippen LogP contribution is -2.21. The van der Waals surface area contributed by atoms with Crippen molar-refractivity contribution >= 4 is 0 Å². The van der Waals surface area contributed by atoms with Crippen LogP contribution in [0.5, 0.6) is 0 Å². The molecule has 0 aliphatic rings. The molecule has 13 heavy (non-hydrogen) atoms. The van der Waals surface area contributed by atoms with Crippen molar-refractivity contribution in [2.24, 2.45) is 0 Å². The molecule has 0 unspecified atom stereocenters. The quantitative estimate of drug-likeness (QED) is 0.696. The van der Waals surface area contributed by atoms with Gasteiger partial charge in [-0.25, -0.2) is 4.98 Å². The number of aromatic nitrogens is 2. The van der Waals surface area contributed by atoms with Crippen LogP contribution >= 0.6 is 0 Å². The van der Waals surface area contributed by atoms with Gasteiger partial charge in [0.25, 0.3) is 0 Å². The second kappa shape index (κ2) is 3.95. The van der Waals surface area contributed by atoms with Gasteiger partial charge in [-0.05, 0) is 12.8 Å². The fraction of sp³-hybridized carbons (Fsp3) is 0.727. The minimum Gasteiger partial charge on any atom is -0.335 e. The predicted octanol–water partition coefficient (Wildman–Crippen LogP) is 2.98. The second-order valence-electron chi connectivity index (χ2n) is 4.18. The van der Waals surface area contributed by atoms with Crippen molar-refractivity contribution in [1.82, 2.24) is 9.55 Å². The molecule has 0 amide bonds. The molecule has 0 N–H and O–H groups in total. The molecule has 0 saturated heterocycles. The molecule has 0 fully saturated rings. The summed E-state index contributed by atoms with van der Waals surface area (Å²) in [5, 5.41) is 0. The summed E-state index contributed by atoms with van der Waals surface area (Å²) in [4.78, 5) is 4.44. The molecule has 0 aliphatic carbocycles. The largest absolute Gasteiger partial charge is 0.335 e. The Balaban J connectivity index is 2.93. The Bertz CT molecular complexity index is 261. The average Bonchev–Trinajstić information content (AvgIpc) is 2.54. The first-order valence-corrected chi connectivity index (χ1v) is 5.13. The van der Waals surface area contributed by atoms with Crippen molar-refractivity contribution in [3.05, 3.63) is 18.2 Å². The highest BCUT2D eigenvalue weighted by Gasteiger charge is 2.22. The van der Waals surface area contributed by atoms with E-state index in [9.17, 15) is 0 Å². The van der Waals surface area contributed by atoms with Crippen LogP contribution in [0.2, 0.25) is 0 Å². The highest BCUT2D eigenvalue weighted by Crippen LogP contribution is 2.24. The van der Waals surface area contributed by atoms with Crippen molar-refractivity contribution < 1.29 is 0 Å². The maximum absolute atomic E-state index is 4.44. The third-order valence-electron chi connectivity index (χ3n) is 2.67. The first kappa shape index (κ1) is 10.3. The van der Waals surface area contributed by atoms with E-state index < -0.39 is 0 Å². The summed E-state index contributed by atoms with van der Waals surface area (Å²) in [7, 11) is 0. The summed E-state index contributed by atoms with van der Waals surface area (Å²) in [5.74, 6) is 1.22. The lowest BCUT2D eigenvalue weighted by atomic mass is 9.89. The Morgan fingerprint density at radius 2 is 2.08 bits per heavy atom. The van der Waals surface area contributed by atoms with E-state index in [1.54, 1.807) is 0 Å². The predicted molar refractivity (Wildman–Crippen MR) is 55.8 cm³/mol. The van der Waals surface area contributed by atoms with Crippen LogP contribution in [-0.4, -0.2) is 9.55 Å². The fourth-order valence-corrected chi connectivity index (χ4v) is 1.47. The number of imidazole rings is 1. The molecule has 2 nitrogen and oxygen atoms in total. The highest BCUT2D eigenvalue weighted by molar-refractivity contribution is 5.06. The SMILES string of the molecule is CCCn1ccnc1C(C)(C)CC. The Morgan fingerprint density at radius 1 is 1.38 bits per heavy atom. The lowest BCUT2D eigenvalue weighted by molar-refractivity contribution is 0.441. The van der Waals surface area contributed by atoms with Gasteiger partial charge in [0.15, 0.2) is 0 Å².